The van der Waals surface area contributed by atoms with Crippen LogP contribution in [0.3, 0.4) is 0 Å². The zero-order valence-corrected chi connectivity index (χ0v) is 7.19. The summed E-state index contributed by atoms with van der Waals surface area (Å²) in [5, 5.41) is 10.1. The van der Waals surface area contributed by atoms with E-state index < -0.39 is 11.8 Å². The summed E-state index contributed by atoms with van der Waals surface area (Å²) < 4.78 is 12.8. The maximum absolute atomic E-state index is 12.8. The van der Waals surface area contributed by atoms with Gasteiger partial charge >= 0.3 is 5.97 Å². The van der Waals surface area contributed by atoms with Gasteiger partial charge in [-0.2, -0.15) is 4.39 Å². The highest BCUT2D eigenvalue weighted by molar-refractivity contribution is 7.11. The molecule has 4 heteroatoms. The molecule has 1 aromatic rings. The smallest absolute Gasteiger partial charge is 0.365 e. The molecule has 0 aromatic carbocycles. The van der Waals surface area contributed by atoms with Crippen molar-refractivity contribution in [3.05, 3.63) is 28.2 Å². The van der Waals surface area contributed by atoms with Crippen molar-refractivity contribution in [2.45, 2.75) is 6.92 Å². The van der Waals surface area contributed by atoms with E-state index >= 15 is 0 Å². The number of aliphatic carboxylic acids is 1. The van der Waals surface area contributed by atoms with Crippen LogP contribution < -0.4 is 0 Å². The average Bonchev–Trinajstić information content (AvgIpc) is 2.53. The molecule has 1 heterocycles. The number of hydrogen-bond acceptors (Lipinski definition) is 2. The molecule has 2 nitrogen and oxygen atoms in total. The molecule has 0 spiro atoms. The van der Waals surface area contributed by atoms with E-state index in [4.69, 9.17) is 5.11 Å². The molecular weight excluding hydrogens is 179 g/mol. The second-order valence-corrected chi connectivity index (χ2v) is 3.17. The van der Waals surface area contributed by atoms with Crippen LogP contribution in [0, 0.1) is 0 Å². The zero-order chi connectivity index (χ0) is 9.14. The predicted octanol–water partition coefficient (Wildman–Crippen LogP) is 2.53. The maximum atomic E-state index is 12.8. The van der Waals surface area contributed by atoms with Crippen molar-refractivity contribution in [2.24, 2.45) is 0 Å². The maximum Gasteiger partial charge on any atom is 0.365 e. The summed E-state index contributed by atoms with van der Waals surface area (Å²) in [4.78, 5) is 10.9. The lowest BCUT2D eigenvalue weighted by atomic mass is 10.2. The number of thiophene rings is 1. The van der Waals surface area contributed by atoms with E-state index in [1.807, 2.05) is 0 Å². The number of halogens is 1. The Morgan fingerprint density at radius 2 is 2.33 bits per heavy atom. The van der Waals surface area contributed by atoms with E-state index in [0.29, 0.717) is 4.88 Å². The number of carboxylic acids is 1. The van der Waals surface area contributed by atoms with Gasteiger partial charge in [0, 0.05) is 10.5 Å². The Balaban J connectivity index is 3.05. The molecule has 12 heavy (non-hydrogen) atoms. The first kappa shape index (κ1) is 8.93. The molecule has 0 aliphatic heterocycles. The quantitative estimate of drug-likeness (QED) is 0.720. The molecule has 0 saturated carbocycles. The highest BCUT2D eigenvalue weighted by Gasteiger charge is 2.11. The molecule has 0 fully saturated rings. The Bertz CT molecular complexity index is 314. The molecule has 0 unspecified atom stereocenters. The van der Waals surface area contributed by atoms with E-state index in [1.165, 1.54) is 18.3 Å². The van der Waals surface area contributed by atoms with Gasteiger partial charge in [-0.05, 0) is 18.4 Å². The summed E-state index contributed by atoms with van der Waals surface area (Å²) in [6, 6.07) is 3.43. The molecular formula is C8H7FO2S. The van der Waals surface area contributed by atoms with E-state index in [2.05, 4.69) is 0 Å². The van der Waals surface area contributed by atoms with E-state index in [1.54, 1.807) is 17.5 Å². The summed E-state index contributed by atoms with van der Waals surface area (Å²) in [6.07, 6.45) is 0. The van der Waals surface area contributed by atoms with Gasteiger partial charge in [0.15, 0.2) is 0 Å². The average molecular weight is 186 g/mol. The normalized spacial score (nSPS) is 12.5. The summed E-state index contributed by atoms with van der Waals surface area (Å²) in [5.74, 6) is -2.60. The first-order valence-electron chi connectivity index (χ1n) is 3.26. The molecule has 0 radical (unpaired) electrons. The van der Waals surface area contributed by atoms with Crippen LogP contribution >= 0.6 is 11.3 Å². The van der Waals surface area contributed by atoms with Gasteiger partial charge in [-0.15, -0.1) is 11.3 Å². The third-order valence-corrected chi connectivity index (χ3v) is 2.40. The first-order valence-corrected chi connectivity index (χ1v) is 4.14. The van der Waals surface area contributed by atoms with E-state index in [0.717, 1.165) is 0 Å². The van der Waals surface area contributed by atoms with Gasteiger partial charge in [0.1, 0.15) is 0 Å². The number of rotatable bonds is 2. The van der Waals surface area contributed by atoms with Crippen LogP contribution in [0.25, 0.3) is 5.57 Å². The zero-order valence-electron chi connectivity index (χ0n) is 6.37. The van der Waals surface area contributed by atoms with Gasteiger partial charge in [-0.1, -0.05) is 6.07 Å². The monoisotopic (exact) mass is 186 g/mol. The van der Waals surface area contributed by atoms with Gasteiger partial charge in [-0.3, -0.25) is 0 Å². The molecule has 0 bridgehead atoms. The SMILES string of the molecule is C/C(=C(/F)C(=O)O)c1cccs1. The molecule has 0 aliphatic carbocycles. The molecule has 1 aromatic heterocycles. The van der Waals surface area contributed by atoms with Gasteiger partial charge in [0.25, 0.3) is 0 Å². The van der Waals surface area contributed by atoms with Gasteiger partial charge in [0.05, 0.1) is 0 Å². The van der Waals surface area contributed by atoms with Crippen molar-refractivity contribution in [3.8, 4) is 0 Å². The van der Waals surface area contributed by atoms with Gasteiger partial charge in [0.2, 0.25) is 5.83 Å². The summed E-state index contributed by atoms with van der Waals surface area (Å²) >= 11 is 1.32. The molecule has 64 valence electrons. The van der Waals surface area contributed by atoms with Crippen molar-refractivity contribution >= 4 is 22.9 Å². The van der Waals surface area contributed by atoms with Crippen molar-refractivity contribution in [1.82, 2.24) is 0 Å². The van der Waals surface area contributed by atoms with Crippen molar-refractivity contribution in [2.75, 3.05) is 0 Å². The third kappa shape index (κ3) is 1.71. The molecule has 0 aliphatic rings. The van der Waals surface area contributed by atoms with Crippen molar-refractivity contribution in [1.29, 1.82) is 0 Å². The van der Waals surface area contributed by atoms with Crippen LogP contribution in [0.5, 0.6) is 0 Å². The summed E-state index contributed by atoms with van der Waals surface area (Å²) in [5.41, 5.74) is 0.178. The minimum absolute atomic E-state index is 0.178. The Kier molecular flexibility index (Phi) is 2.60. The van der Waals surface area contributed by atoms with Crippen LogP contribution in [0.15, 0.2) is 23.3 Å². The predicted molar refractivity (Wildman–Crippen MR) is 45.7 cm³/mol. The van der Waals surface area contributed by atoms with Crippen molar-refractivity contribution in [3.63, 3.8) is 0 Å². The second kappa shape index (κ2) is 3.49. The standard InChI is InChI=1S/C8H7FO2S/c1-5(7(9)8(10)11)6-3-2-4-12-6/h2-4H,1H3,(H,10,11)/b7-5-. The highest BCUT2D eigenvalue weighted by Crippen LogP contribution is 2.23. The van der Waals surface area contributed by atoms with Crippen LogP contribution in [-0.2, 0) is 4.79 Å². The van der Waals surface area contributed by atoms with Crippen molar-refractivity contribution < 1.29 is 14.3 Å². The lowest BCUT2D eigenvalue weighted by Crippen LogP contribution is -1.96. The lowest BCUT2D eigenvalue weighted by molar-refractivity contribution is -0.134. The van der Waals surface area contributed by atoms with Gasteiger partial charge in [-0.25, -0.2) is 4.79 Å². The fourth-order valence-electron chi connectivity index (χ4n) is 0.761. The first-order chi connectivity index (χ1) is 5.63. The summed E-state index contributed by atoms with van der Waals surface area (Å²) in [6.45, 7) is 1.45. The molecule has 1 N–H and O–H groups in total. The second-order valence-electron chi connectivity index (χ2n) is 2.22. The molecule has 0 atom stereocenters. The van der Waals surface area contributed by atoms with Crippen LogP contribution in [-0.4, -0.2) is 11.1 Å². The Morgan fingerprint density at radius 1 is 1.67 bits per heavy atom. The van der Waals surface area contributed by atoms with Gasteiger partial charge < -0.3 is 5.11 Å². The fraction of sp³-hybridized carbons (Fsp3) is 0.125. The van der Waals surface area contributed by atoms with E-state index in [9.17, 15) is 9.18 Å². The minimum atomic E-state index is -1.51. The number of carboxylic acid groups (broad SMARTS) is 1. The number of carbonyl (C=O) groups is 1. The minimum Gasteiger partial charge on any atom is -0.476 e. The summed E-state index contributed by atoms with van der Waals surface area (Å²) in [7, 11) is 0. The highest BCUT2D eigenvalue weighted by atomic mass is 32.1. The largest absolute Gasteiger partial charge is 0.476 e. The van der Waals surface area contributed by atoms with Crippen LogP contribution in [0.1, 0.15) is 11.8 Å². The Morgan fingerprint density at radius 3 is 2.75 bits per heavy atom. The topological polar surface area (TPSA) is 37.3 Å². The Hall–Kier alpha value is -1.16. The molecule has 0 saturated heterocycles. The molecule has 0 amide bonds. The third-order valence-electron chi connectivity index (χ3n) is 1.41. The van der Waals surface area contributed by atoms with E-state index in [-0.39, 0.29) is 5.57 Å². The number of allylic oxidation sites excluding steroid dienone is 1. The fourth-order valence-corrected chi connectivity index (χ4v) is 1.49. The number of hydrogen-bond donors (Lipinski definition) is 1. The Labute approximate surface area is 73.0 Å². The van der Waals surface area contributed by atoms with Crippen LogP contribution in [0.4, 0.5) is 4.39 Å². The molecule has 1 rings (SSSR count). The lowest BCUT2D eigenvalue weighted by Gasteiger charge is -1.95. The van der Waals surface area contributed by atoms with Crippen LogP contribution in [0.2, 0.25) is 0 Å².